The molecule has 0 fully saturated rings. The van der Waals surface area contributed by atoms with E-state index in [-0.39, 0.29) is 4.90 Å². The molecule has 0 heterocycles. The smallest absolute Gasteiger partial charge is 0.270 e. The normalized spacial score (nSPS) is 11.6. The second kappa shape index (κ2) is 3.47. The highest BCUT2D eigenvalue weighted by Gasteiger charge is 2.12. The van der Waals surface area contributed by atoms with Crippen molar-refractivity contribution < 1.29 is 12.6 Å². The van der Waals surface area contributed by atoms with Gasteiger partial charge >= 0.3 is 0 Å². The summed E-state index contributed by atoms with van der Waals surface area (Å²) in [5.41, 5.74) is 1.83. The first-order chi connectivity index (χ1) is 5.95. The summed E-state index contributed by atoms with van der Waals surface area (Å²) in [5, 5.41) is 0. The zero-order valence-electron chi connectivity index (χ0n) is 7.87. The molecule has 4 heteroatoms. The van der Waals surface area contributed by atoms with Crippen molar-refractivity contribution in [3.05, 3.63) is 29.3 Å². The summed E-state index contributed by atoms with van der Waals surface area (Å²) in [4.78, 5) is 0.215. The van der Waals surface area contributed by atoms with Gasteiger partial charge in [0.15, 0.2) is 0 Å². The molecule has 1 aromatic carbocycles. The maximum absolute atomic E-state index is 11.3. The van der Waals surface area contributed by atoms with Gasteiger partial charge in [0.2, 0.25) is 0 Å². The summed E-state index contributed by atoms with van der Waals surface area (Å²) < 4.78 is 27.0. The van der Waals surface area contributed by atoms with Crippen LogP contribution in [-0.2, 0) is 14.3 Å². The summed E-state index contributed by atoms with van der Waals surface area (Å²) in [6.45, 7) is 3.70. The maximum atomic E-state index is 11.3. The quantitative estimate of drug-likeness (QED) is 0.681. The average molecular weight is 200 g/mol. The third-order valence-corrected chi connectivity index (χ3v) is 2.96. The Labute approximate surface area is 78.5 Å². The van der Waals surface area contributed by atoms with Gasteiger partial charge in [-0.2, -0.15) is 8.42 Å². The van der Waals surface area contributed by atoms with Crippen LogP contribution in [0.1, 0.15) is 11.1 Å². The lowest BCUT2D eigenvalue weighted by Crippen LogP contribution is -2.03. The van der Waals surface area contributed by atoms with Crippen molar-refractivity contribution in [2.45, 2.75) is 18.7 Å². The van der Waals surface area contributed by atoms with E-state index in [4.69, 9.17) is 0 Å². The summed E-state index contributed by atoms with van der Waals surface area (Å²) in [6, 6.07) is 5.09. The number of hydrogen-bond donors (Lipinski definition) is 0. The summed E-state index contributed by atoms with van der Waals surface area (Å²) >= 11 is 0. The molecule has 0 aliphatic heterocycles. The molecule has 1 aromatic rings. The Morgan fingerprint density at radius 1 is 1.08 bits per heavy atom. The van der Waals surface area contributed by atoms with E-state index in [1.807, 2.05) is 19.9 Å². The molecule has 0 N–H and O–H groups in total. The van der Waals surface area contributed by atoms with Crippen LogP contribution >= 0.6 is 0 Å². The first-order valence-corrected chi connectivity index (χ1v) is 5.25. The first kappa shape index (κ1) is 10.2. The predicted molar refractivity (Wildman–Crippen MR) is 50.1 cm³/mol. The van der Waals surface area contributed by atoms with Gasteiger partial charge in [-0.1, -0.05) is 6.07 Å². The Hall–Kier alpha value is -0.870. The molecule has 0 atom stereocenters. The monoisotopic (exact) mass is 200 g/mol. The molecule has 0 radical (unpaired) electrons. The number of hydrogen-bond acceptors (Lipinski definition) is 3. The second-order valence-electron chi connectivity index (χ2n) is 2.94. The molecule has 13 heavy (non-hydrogen) atoms. The second-order valence-corrected chi connectivity index (χ2v) is 4.66. The molecule has 0 bridgehead atoms. The van der Waals surface area contributed by atoms with Gasteiger partial charge < -0.3 is 0 Å². The van der Waals surface area contributed by atoms with Crippen LogP contribution in [0, 0.1) is 13.8 Å². The molecule has 0 saturated carbocycles. The molecule has 0 amide bonds. The predicted octanol–water partition coefficient (Wildman–Crippen LogP) is 1.64. The van der Waals surface area contributed by atoms with Gasteiger partial charge in [-0.25, -0.2) is 0 Å². The number of benzene rings is 1. The van der Waals surface area contributed by atoms with E-state index < -0.39 is 10.1 Å². The van der Waals surface area contributed by atoms with Crippen LogP contribution < -0.4 is 0 Å². The van der Waals surface area contributed by atoms with Gasteiger partial charge in [-0.3, -0.25) is 4.18 Å². The van der Waals surface area contributed by atoms with Gasteiger partial charge in [-0.15, -0.1) is 0 Å². The minimum absolute atomic E-state index is 0.215. The molecule has 3 nitrogen and oxygen atoms in total. The molecule has 0 aromatic heterocycles. The molecular formula is C9H12O3S. The highest BCUT2D eigenvalue weighted by molar-refractivity contribution is 7.86. The summed E-state index contributed by atoms with van der Waals surface area (Å²) in [5.74, 6) is 0. The van der Waals surface area contributed by atoms with Crippen LogP contribution in [0.5, 0.6) is 0 Å². The van der Waals surface area contributed by atoms with Crippen molar-refractivity contribution >= 4 is 10.1 Å². The SMILES string of the molecule is COS(=O)(=O)c1cc(C)cc(C)c1. The lowest BCUT2D eigenvalue weighted by Gasteiger charge is -2.03. The van der Waals surface area contributed by atoms with Crippen molar-refractivity contribution in [2.75, 3.05) is 7.11 Å². The zero-order chi connectivity index (χ0) is 10.1. The van der Waals surface area contributed by atoms with Crippen molar-refractivity contribution in [3.63, 3.8) is 0 Å². The highest BCUT2D eigenvalue weighted by Crippen LogP contribution is 2.15. The lowest BCUT2D eigenvalue weighted by atomic mass is 10.2. The van der Waals surface area contributed by atoms with Crippen LogP contribution in [0.25, 0.3) is 0 Å². The Bertz CT molecular complexity index is 387. The fourth-order valence-corrected chi connectivity index (χ4v) is 2.03. The van der Waals surface area contributed by atoms with Crippen LogP contribution in [0.2, 0.25) is 0 Å². The standard InChI is InChI=1S/C9H12O3S/c1-7-4-8(2)6-9(5-7)13(10,11)12-3/h4-6H,1-3H3. The fraction of sp³-hybridized carbons (Fsp3) is 0.333. The fourth-order valence-electron chi connectivity index (χ4n) is 1.17. The molecule has 72 valence electrons. The van der Waals surface area contributed by atoms with E-state index in [2.05, 4.69) is 4.18 Å². The maximum Gasteiger partial charge on any atom is 0.296 e. The zero-order valence-corrected chi connectivity index (χ0v) is 8.68. The summed E-state index contributed by atoms with van der Waals surface area (Å²) in [6.07, 6.45) is 0. The Morgan fingerprint density at radius 2 is 1.54 bits per heavy atom. The molecule has 0 aliphatic carbocycles. The molecule has 0 aliphatic rings. The summed E-state index contributed by atoms with van der Waals surface area (Å²) in [7, 11) is -2.38. The minimum atomic E-state index is -3.54. The van der Waals surface area contributed by atoms with E-state index in [9.17, 15) is 8.42 Å². The molecule has 0 spiro atoms. The van der Waals surface area contributed by atoms with E-state index >= 15 is 0 Å². The third kappa shape index (κ3) is 2.29. The van der Waals surface area contributed by atoms with Gasteiger partial charge in [0, 0.05) is 0 Å². The highest BCUT2D eigenvalue weighted by atomic mass is 32.2. The Morgan fingerprint density at radius 3 is 1.92 bits per heavy atom. The van der Waals surface area contributed by atoms with Gasteiger partial charge in [-0.05, 0) is 37.1 Å². The third-order valence-electron chi connectivity index (χ3n) is 1.70. The van der Waals surface area contributed by atoms with Crippen molar-refractivity contribution in [2.24, 2.45) is 0 Å². The van der Waals surface area contributed by atoms with Crippen LogP contribution in [0.15, 0.2) is 23.1 Å². The largest absolute Gasteiger partial charge is 0.296 e. The van der Waals surface area contributed by atoms with Crippen LogP contribution in [0.4, 0.5) is 0 Å². The van der Waals surface area contributed by atoms with E-state index in [1.165, 1.54) is 0 Å². The lowest BCUT2D eigenvalue weighted by molar-refractivity contribution is 0.397. The first-order valence-electron chi connectivity index (χ1n) is 3.84. The van der Waals surface area contributed by atoms with Gasteiger partial charge in [0.05, 0.1) is 12.0 Å². The topological polar surface area (TPSA) is 43.4 Å². The van der Waals surface area contributed by atoms with E-state index in [0.717, 1.165) is 18.2 Å². The Kier molecular flexibility index (Phi) is 2.73. The van der Waals surface area contributed by atoms with Crippen molar-refractivity contribution in [1.82, 2.24) is 0 Å². The van der Waals surface area contributed by atoms with Gasteiger partial charge in [0.1, 0.15) is 0 Å². The van der Waals surface area contributed by atoms with E-state index in [1.54, 1.807) is 12.1 Å². The van der Waals surface area contributed by atoms with Crippen molar-refractivity contribution in [1.29, 1.82) is 0 Å². The number of aryl methyl sites for hydroxylation is 2. The Balaban J connectivity index is 3.32. The van der Waals surface area contributed by atoms with Crippen LogP contribution in [-0.4, -0.2) is 15.5 Å². The minimum Gasteiger partial charge on any atom is -0.270 e. The van der Waals surface area contributed by atoms with Gasteiger partial charge in [0.25, 0.3) is 10.1 Å². The van der Waals surface area contributed by atoms with E-state index in [0.29, 0.717) is 0 Å². The van der Waals surface area contributed by atoms with Crippen LogP contribution in [0.3, 0.4) is 0 Å². The molecule has 0 saturated heterocycles. The number of rotatable bonds is 2. The molecular weight excluding hydrogens is 188 g/mol. The van der Waals surface area contributed by atoms with Crippen molar-refractivity contribution in [3.8, 4) is 0 Å². The molecule has 1 rings (SSSR count). The average Bonchev–Trinajstić information content (AvgIpc) is 2.02. The molecule has 0 unspecified atom stereocenters.